The van der Waals surface area contributed by atoms with Crippen molar-refractivity contribution in [3.05, 3.63) is 198 Å². The molecule has 53 heavy (non-hydrogen) atoms. The molecule has 1 nitrogen and oxygen atoms in total. The van der Waals surface area contributed by atoms with Crippen molar-refractivity contribution in [1.82, 2.24) is 0 Å². The summed E-state index contributed by atoms with van der Waals surface area (Å²) in [6, 6.07) is 65.3. The van der Waals surface area contributed by atoms with E-state index in [1.54, 1.807) is 0 Å². The number of hydrogen-bond donors (Lipinski definition) is 0. The summed E-state index contributed by atoms with van der Waals surface area (Å²) in [5.41, 5.74) is 18.9. The third kappa shape index (κ3) is 4.63. The second kappa shape index (κ2) is 11.7. The van der Waals surface area contributed by atoms with E-state index in [0.717, 1.165) is 11.4 Å². The van der Waals surface area contributed by atoms with Gasteiger partial charge in [0.25, 0.3) is 0 Å². The van der Waals surface area contributed by atoms with E-state index in [1.165, 1.54) is 83.2 Å². The summed E-state index contributed by atoms with van der Waals surface area (Å²) in [6.45, 7) is 9.56. The SMILES string of the molecule is CC1(C)c2ccccc2-c2ccc(N(c3ccccc3-c3ccccc3-c3ccccc3)c3cc4ccccc4c4c3-c3ccccc3C4(C)C)cc21. The summed E-state index contributed by atoms with van der Waals surface area (Å²) in [4.78, 5) is 2.57. The van der Waals surface area contributed by atoms with Crippen LogP contribution in [0.1, 0.15) is 49.9 Å². The average molecular weight is 680 g/mol. The second-order valence-electron chi connectivity index (χ2n) is 15.7. The van der Waals surface area contributed by atoms with Crippen molar-refractivity contribution in [2.24, 2.45) is 0 Å². The third-order valence-corrected chi connectivity index (χ3v) is 12.0. The maximum absolute atomic E-state index is 2.57. The quantitative estimate of drug-likeness (QED) is 0.175. The summed E-state index contributed by atoms with van der Waals surface area (Å²) in [5, 5.41) is 2.57. The fourth-order valence-electron chi connectivity index (χ4n) is 9.53. The van der Waals surface area contributed by atoms with Crippen molar-refractivity contribution in [2.75, 3.05) is 4.90 Å². The van der Waals surface area contributed by atoms with E-state index < -0.39 is 0 Å². The molecule has 0 aliphatic heterocycles. The lowest BCUT2D eigenvalue weighted by Gasteiger charge is -2.33. The first-order valence-corrected chi connectivity index (χ1v) is 18.8. The predicted molar refractivity (Wildman–Crippen MR) is 225 cm³/mol. The monoisotopic (exact) mass is 679 g/mol. The van der Waals surface area contributed by atoms with Gasteiger partial charge in [-0.1, -0.05) is 179 Å². The number of fused-ring (bicyclic) bond motifs is 8. The molecule has 0 saturated heterocycles. The van der Waals surface area contributed by atoms with Crippen LogP contribution in [0.15, 0.2) is 176 Å². The highest BCUT2D eigenvalue weighted by Crippen LogP contribution is 2.58. The van der Waals surface area contributed by atoms with Gasteiger partial charge in [0, 0.05) is 27.6 Å². The molecule has 2 aliphatic carbocycles. The largest absolute Gasteiger partial charge is 0.309 e. The highest BCUT2D eigenvalue weighted by Gasteiger charge is 2.41. The molecule has 0 atom stereocenters. The van der Waals surface area contributed by atoms with E-state index in [9.17, 15) is 0 Å². The van der Waals surface area contributed by atoms with Crippen molar-refractivity contribution >= 4 is 27.8 Å². The molecule has 0 bridgehead atoms. The number of para-hydroxylation sites is 1. The Bertz CT molecular complexity index is 2730. The van der Waals surface area contributed by atoms with Crippen molar-refractivity contribution in [3.8, 4) is 44.5 Å². The molecule has 1 heteroatoms. The van der Waals surface area contributed by atoms with Gasteiger partial charge < -0.3 is 4.90 Å². The zero-order chi connectivity index (χ0) is 35.9. The van der Waals surface area contributed by atoms with Crippen molar-refractivity contribution in [3.63, 3.8) is 0 Å². The minimum atomic E-state index is -0.172. The maximum Gasteiger partial charge on any atom is 0.0549 e. The van der Waals surface area contributed by atoms with Crippen molar-refractivity contribution < 1.29 is 0 Å². The first kappa shape index (κ1) is 31.5. The van der Waals surface area contributed by atoms with Crippen molar-refractivity contribution in [1.29, 1.82) is 0 Å². The molecular weight excluding hydrogens is 639 g/mol. The normalized spacial score (nSPS) is 14.3. The molecule has 0 aromatic heterocycles. The lowest BCUT2D eigenvalue weighted by atomic mass is 9.80. The molecular formula is C52H41N. The minimum Gasteiger partial charge on any atom is -0.309 e. The van der Waals surface area contributed by atoms with E-state index in [2.05, 4.69) is 209 Å². The molecule has 8 aromatic carbocycles. The Labute approximate surface area is 312 Å². The fourth-order valence-corrected chi connectivity index (χ4v) is 9.53. The Balaban J connectivity index is 1.31. The van der Waals surface area contributed by atoms with E-state index in [1.807, 2.05) is 0 Å². The summed E-state index contributed by atoms with van der Waals surface area (Å²) in [5.74, 6) is 0. The standard InChI is InChI=1S/C52H41N/c1-51(2)44-27-15-12-24-40(44)41-31-30-36(33-46(41)51)53(47-29-17-14-25-42(47)39-23-11-10-21-37(39)34-18-6-5-7-19-34)48-32-35-20-8-9-22-38(35)50-49(48)43-26-13-16-28-45(43)52(50,3)4/h5-33H,1-4H3. The summed E-state index contributed by atoms with van der Waals surface area (Å²) in [6.07, 6.45) is 0. The van der Waals surface area contributed by atoms with Gasteiger partial charge in [-0.25, -0.2) is 0 Å². The van der Waals surface area contributed by atoms with Crippen LogP contribution in [0.5, 0.6) is 0 Å². The molecule has 0 saturated carbocycles. The highest BCUT2D eigenvalue weighted by atomic mass is 15.1. The molecule has 0 amide bonds. The van der Waals surface area contributed by atoms with Crippen LogP contribution in [-0.4, -0.2) is 0 Å². The summed E-state index contributed by atoms with van der Waals surface area (Å²) < 4.78 is 0. The number of rotatable bonds is 5. The smallest absolute Gasteiger partial charge is 0.0549 e. The molecule has 0 heterocycles. The van der Waals surface area contributed by atoms with Gasteiger partial charge in [-0.3, -0.25) is 0 Å². The number of anilines is 3. The summed E-state index contributed by atoms with van der Waals surface area (Å²) in [7, 11) is 0. The number of benzene rings is 8. The predicted octanol–water partition coefficient (Wildman–Crippen LogP) is 14.3. The zero-order valence-corrected chi connectivity index (χ0v) is 30.7. The van der Waals surface area contributed by atoms with E-state index in [-0.39, 0.29) is 10.8 Å². The van der Waals surface area contributed by atoms with Gasteiger partial charge in [0.1, 0.15) is 0 Å². The molecule has 0 radical (unpaired) electrons. The zero-order valence-electron chi connectivity index (χ0n) is 30.7. The lowest BCUT2D eigenvalue weighted by molar-refractivity contribution is 0.660. The Kier molecular flexibility index (Phi) is 6.94. The van der Waals surface area contributed by atoms with Crippen LogP contribution in [-0.2, 0) is 10.8 Å². The van der Waals surface area contributed by atoms with Crippen LogP contribution in [0, 0.1) is 0 Å². The first-order chi connectivity index (χ1) is 25.8. The molecule has 0 N–H and O–H groups in total. The van der Waals surface area contributed by atoms with Crippen LogP contribution < -0.4 is 4.90 Å². The minimum absolute atomic E-state index is 0.132. The van der Waals surface area contributed by atoms with Gasteiger partial charge in [0.05, 0.1) is 11.4 Å². The number of hydrogen-bond acceptors (Lipinski definition) is 1. The van der Waals surface area contributed by atoms with Gasteiger partial charge in [-0.2, -0.15) is 0 Å². The topological polar surface area (TPSA) is 3.24 Å². The molecule has 2 aliphatic rings. The fraction of sp³-hybridized carbons (Fsp3) is 0.115. The van der Waals surface area contributed by atoms with Crippen LogP contribution in [0.2, 0.25) is 0 Å². The van der Waals surface area contributed by atoms with Crippen LogP contribution in [0.4, 0.5) is 17.1 Å². The third-order valence-electron chi connectivity index (χ3n) is 12.0. The summed E-state index contributed by atoms with van der Waals surface area (Å²) >= 11 is 0. The Hall–Kier alpha value is -6.18. The highest BCUT2D eigenvalue weighted by molar-refractivity contribution is 6.07. The Morgan fingerprint density at radius 2 is 0.943 bits per heavy atom. The van der Waals surface area contributed by atoms with E-state index in [4.69, 9.17) is 0 Å². The van der Waals surface area contributed by atoms with E-state index >= 15 is 0 Å². The Morgan fingerprint density at radius 3 is 1.72 bits per heavy atom. The first-order valence-electron chi connectivity index (χ1n) is 18.8. The van der Waals surface area contributed by atoms with Gasteiger partial charge in [-0.15, -0.1) is 0 Å². The van der Waals surface area contributed by atoms with E-state index in [0.29, 0.717) is 0 Å². The second-order valence-corrected chi connectivity index (χ2v) is 15.7. The van der Waals surface area contributed by atoms with Gasteiger partial charge in [0.15, 0.2) is 0 Å². The van der Waals surface area contributed by atoms with Gasteiger partial charge in [-0.05, 0) is 90.7 Å². The Morgan fingerprint density at radius 1 is 0.377 bits per heavy atom. The lowest BCUT2D eigenvalue weighted by Crippen LogP contribution is -2.18. The van der Waals surface area contributed by atoms with Crippen molar-refractivity contribution in [2.45, 2.75) is 38.5 Å². The van der Waals surface area contributed by atoms with Crippen LogP contribution >= 0.6 is 0 Å². The molecule has 0 fully saturated rings. The van der Waals surface area contributed by atoms with Gasteiger partial charge >= 0.3 is 0 Å². The number of nitrogens with zero attached hydrogens (tertiary/aromatic N) is 1. The van der Waals surface area contributed by atoms with Crippen LogP contribution in [0.3, 0.4) is 0 Å². The molecule has 0 unspecified atom stereocenters. The molecule has 254 valence electrons. The molecule has 0 spiro atoms. The average Bonchev–Trinajstić information content (AvgIpc) is 3.58. The van der Waals surface area contributed by atoms with Crippen LogP contribution in [0.25, 0.3) is 55.3 Å². The molecule has 8 aromatic rings. The maximum atomic E-state index is 2.57. The molecule has 10 rings (SSSR count). The van der Waals surface area contributed by atoms with Gasteiger partial charge in [0.2, 0.25) is 0 Å².